The van der Waals surface area contributed by atoms with E-state index in [-0.39, 0.29) is 30.0 Å². The second-order valence-electron chi connectivity index (χ2n) is 6.98. The standard InChI is InChI=1S/C20H32N6O.HI/c1-3-21-20(22-10-6-14-26-15-7-11-24-26)23-16-18(25-12-4-5-13-25)19-9-8-17(2)27-19;/h7-9,11,15,18H,3-6,10,12-14,16H2,1-2H3,(H2,21,22,23);1H. The van der Waals surface area contributed by atoms with Crippen LogP contribution >= 0.6 is 24.0 Å². The van der Waals surface area contributed by atoms with Crippen LogP contribution in [0.4, 0.5) is 0 Å². The van der Waals surface area contributed by atoms with Crippen LogP contribution in [-0.2, 0) is 6.54 Å². The van der Waals surface area contributed by atoms with Crippen LogP contribution in [0.1, 0.15) is 43.7 Å². The van der Waals surface area contributed by atoms with Gasteiger partial charge in [0.2, 0.25) is 0 Å². The van der Waals surface area contributed by atoms with E-state index in [2.05, 4.69) is 33.6 Å². The van der Waals surface area contributed by atoms with Gasteiger partial charge in [-0.05, 0) is 64.4 Å². The van der Waals surface area contributed by atoms with Gasteiger partial charge in [-0.15, -0.1) is 24.0 Å². The lowest BCUT2D eigenvalue weighted by molar-refractivity contribution is 0.219. The first-order valence-electron chi connectivity index (χ1n) is 10.1. The average molecular weight is 500 g/mol. The minimum atomic E-state index is 0. The monoisotopic (exact) mass is 500 g/mol. The number of hydrogen-bond acceptors (Lipinski definition) is 4. The largest absolute Gasteiger partial charge is 0.465 e. The topological polar surface area (TPSA) is 70.6 Å². The van der Waals surface area contributed by atoms with Crippen LogP contribution < -0.4 is 10.6 Å². The number of aryl methyl sites for hydroxylation is 2. The first-order valence-corrected chi connectivity index (χ1v) is 10.1. The smallest absolute Gasteiger partial charge is 0.191 e. The van der Waals surface area contributed by atoms with Gasteiger partial charge in [0.05, 0.1) is 12.6 Å². The van der Waals surface area contributed by atoms with Gasteiger partial charge in [0.15, 0.2) is 5.96 Å². The van der Waals surface area contributed by atoms with Crippen molar-refractivity contribution in [2.24, 2.45) is 4.99 Å². The summed E-state index contributed by atoms with van der Waals surface area (Å²) in [4.78, 5) is 7.34. The molecule has 8 heteroatoms. The van der Waals surface area contributed by atoms with Gasteiger partial charge in [0.1, 0.15) is 11.5 Å². The molecule has 3 rings (SSSR count). The van der Waals surface area contributed by atoms with Crippen LogP contribution in [0, 0.1) is 6.92 Å². The summed E-state index contributed by atoms with van der Waals surface area (Å²) in [6.07, 6.45) is 7.31. The number of aliphatic imine (C=N–C) groups is 1. The molecule has 1 unspecified atom stereocenters. The molecule has 0 radical (unpaired) electrons. The summed E-state index contributed by atoms with van der Waals surface area (Å²) in [5, 5.41) is 11.0. The molecule has 0 aromatic carbocycles. The molecular formula is C20H33IN6O. The van der Waals surface area contributed by atoms with Crippen molar-refractivity contribution in [3.63, 3.8) is 0 Å². The first kappa shape index (κ1) is 22.7. The lowest BCUT2D eigenvalue weighted by Gasteiger charge is -2.24. The number of rotatable bonds is 9. The van der Waals surface area contributed by atoms with E-state index in [1.807, 2.05) is 36.1 Å². The van der Waals surface area contributed by atoms with Crippen molar-refractivity contribution in [2.45, 2.75) is 45.7 Å². The number of furan rings is 1. The van der Waals surface area contributed by atoms with Crippen molar-refractivity contribution in [2.75, 3.05) is 32.7 Å². The van der Waals surface area contributed by atoms with Crippen molar-refractivity contribution in [1.29, 1.82) is 0 Å². The Labute approximate surface area is 185 Å². The highest BCUT2D eigenvalue weighted by atomic mass is 127. The lowest BCUT2D eigenvalue weighted by Crippen LogP contribution is -2.39. The highest BCUT2D eigenvalue weighted by Crippen LogP contribution is 2.26. The maximum atomic E-state index is 5.93. The van der Waals surface area contributed by atoms with Gasteiger partial charge in [-0.3, -0.25) is 14.6 Å². The number of guanidine groups is 1. The van der Waals surface area contributed by atoms with Crippen molar-refractivity contribution in [3.8, 4) is 0 Å². The Kier molecular flexibility index (Phi) is 9.83. The van der Waals surface area contributed by atoms with E-state index in [0.29, 0.717) is 6.54 Å². The molecule has 0 amide bonds. The van der Waals surface area contributed by atoms with Gasteiger partial charge in [-0.1, -0.05) is 0 Å². The van der Waals surface area contributed by atoms with E-state index in [9.17, 15) is 0 Å². The molecule has 1 fully saturated rings. The third-order valence-corrected chi connectivity index (χ3v) is 4.85. The number of nitrogens with zero attached hydrogens (tertiary/aromatic N) is 4. The third kappa shape index (κ3) is 6.80. The number of likely N-dealkylation sites (tertiary alicyclic amines) is 1. The molecule has 1 aliphatic rings. The summed E-state index contributed by atoms with van der Waals surface area (Å²) in [5.41, 5.74) is 0. The number of halogens is 1. The summed E-state index contributed by atoms with van der Waals surface area (Å²) >= 11 is 0. The molecule has 0 bridgehead atoms. The normalized spacial score (nSPS) is 16.0. The fourth-order valence-electron chi connectivity index (χ4n) is 3.47. The molecule has 7 nitrogen and oxygen atoms in total. The molecule has 28 heavy (non-hydrogen) atoms. The van der Waals surface area contributed by atoms with E-state index in [4.69, 9.17) is 9.41 Å². The molecule has 2 aromatic heterocycles. The Balaban J connectivity index is 0.00000280. The SMILES string of the molecule is CCNC(=NCC(c1ccc(C)o1)N1CCCC1)NCCCn1cccn1.I. The van der Waals surface area contributed by atoms with Crippen LogP contribution in [0.5, 0.6) is 0 Å². The van der Waals surface area contributed by atoms with Crippen LogP contribution in [0.3, 0.4) is 0 Å². The minimum absolute atomic E-state index is 0. The van der Waals surface area contributed by atoms with Crippen molar-refractivity contribution in [3.05, 3.63) is 42.1 Å². The summed E-state index contributed by atoms with van der Waals surface area (Å²) in [6.45, 7) is 9.64. The zero-order chi connectivity index (χ0) is 18.9. The van der Waals surface area contributed by atoms with E-state index < -0.39 is 0 Å². The molecule has 1 saturated heterocycles. The van der Waals surface area contributed by atoms with E-state index >= 15 is 0 Å². The average Bonchev–Trinajstić information content (AvgIpc) is 3.42. The number of hydrogen-bond donors (Lipinski definition) is 2. The molecule has 2 N–H and O–H groups in total. The summed E-state index contributed by atoms with van der Waals surface area (Å²) in [6, 6.07) is 6.30. The minimum Gasteiger partial charge on any atom is -0.465 e. The van der Waals surface area contributed by atoms with E-state index in [1.165, 1.54) is 12.8 Å². The van der Waals surface area contributed by atoms with Crippen LogP contribution in [0.2, 0.25) is 0 Å². The molecule has 1 atom stereocenters. The van der Waals surface area contributed by atoms with Crippen LogP contribution in [0.15, 0.2) is 40.0 Å². The Morgan fingerprint density at radius 3 is 2.75 bits per heavy atom. The van der Waals surface area contributed by atoms with Gasteiger partial charge in [-0.2, -0.15) is 5.10 Å². The molecule has 0 aliphatic carbocycles. The summed E-state index contributed by atoms with van der Waals surface area (Å²) < 4.78 is 7.88. The van der Waals surface area contributed by atoms with Gasteiger partial charge in [-0.25, -0.2) is 0 Å². The van der Waals surface area contributed by atoms with Crippen LogP contribution in [-0.4, -0.2) is 53.4 Å². The zero-order valence-corrected chi connectivity index (χ0v) is 19.3. The van der Waals surface area contributed by atoms with Gasteiger partial charge in [0, 0.05) is 32.0 Å². The Bertz CT molecular complexity index is 693. The molecular weight excluding hydrogens is 467 g/mol. The second-order valence-corrected chi connectivity index (χ2v) is 6.98. The van der Waals surface area contributed by atoms with Crippen molar-refractivity contribution in [1.82, 2.24) is 25.3 Å². The van der Waals surface area contributed by atoms with Crippen molar-refractivity contribution >= 4 is 29.9 Å². The zero-order valence-electron chi connectivity index (χ0n) is 16.9. The maximum absolute atomic E-state index is 5.93. The van der Waals surface area contributed by atoms with E-state index in [0.717, 1.165) is 56.6 Å². The van der Waals surface area contributed by atoms with E-state index in [1.54, 1.807) is 0 Å². The van der Waals surface area contributed by atoms with Gasteiger partial charge in [0.25, 0.3) is 0 Å². The Morgan fingerprint density at radius 1 is 1.29 bits per heavy atom. The molecule has 0 saturated carbocycles. The highest BCUT2D eigenvalue weighted by molar-refractivity contribution is 14.0. The third-order valence-electron chi connectivity index (χ3n) is 4.85. The Morgan fingerprint density at radius 2 is 2.11 bits per heavy atom. The lowest BCUT2D eigenvalue weighted by atomic mass is 10.2. The second kappa shape index (κ2) is 12.1. The fourth-order valence-corrected chi connectivity index (χ4v) is 3.47. The maximum Gasteiger partial charge on any atom is 0.191 e. The predicted octanol–water partition coefficient (Wildman–Crippen LogP) is 3.18. The number of nitrogens with one attached hydrogen (secondary N) is 2. The molecule has 1 aliphatic heterocycles. The number of aromatic nitrogens is 2. The predicted molar refractivity (Wildman–Crippen MR) is 123 cm³/mol. The molecule has 0 spiro atoms. The molecule has 3 heterocycles. The highest BCUT2D eigenvalue weighted by Gasteiger charge is 2.25. The summed E-state index contributed by atoms with van der Waals surface area (Å²) in [7, 11) is 0. The molecule has 2 aromatic rings. The Hall–Kier alpha value is -1.55. The van der Waals surface area contributed by atoms with Crippen LogP contribution in [0.25, 0.3) is 0 Å². The van der Waals surface area contributed by atoms with Gasteiger partial charge >= 0.3 is 0 Å². The molecule has 156 valence electrons. The first-order chi connectivity index (χ1) is 13.3. The quantitative estimate of drug-likeness (QED) is 0.240. The van der Waals surface area contributed by atoms with Gasteiger partial charge < -0.3 is 15.1 Å². The summed E-state index contributed by atoms with van der Waals surface area (Å²) in [5.74, 6) is 2.85. The fraction of sp³-hybridized carbons (Fsp3) is 0.600. The van der Waals surface area contributed by atoms with Crippen molar-refractivity contribution < 1.29 is 4.42 Å².